The Morgan fingerprint density at radius 1 is 1.18 bits per heavy atom. The minimum atomic E-state index is 0.626. The van der Waals surface area contributed by atoms with Gasteiger partial charge in [-0.2, -0.15) is 0 Å². The molecule has 0 aromatic rings. The monoisotopic (exact) mass is 241 g/mol. The van der Waals surface area contributed by atoms with Gasteiger partial charge in [0.15, 0.2) is 0 Å². The van der Waals surface area contributed by atoms with E-state index in [-0.39, 0.29) is 0 Å². The summed E-state index contributed by atoms with van der Waals surface area (Å²) in [5.74, 6) is 1.85. The van der Waals surface area contributed by atoms with Gasteiger partial charge < -0.3 is 10.1 Å². The maximum atomic E-state index is 5.44. The molecule has 0 radical (unpaired) electrons. The van der Waals surface area contributed by atoms with E-state index in [0.717, 1.165) is 25.0 Å². The van der Waals surface area contributed by atoms with E-state index < -0.39 is 0 Å². The summed E-state index contributed by atoms with van der Waals surface area (Å²) >= 11 is 0. The molecule has 0 saturated heterocycles. The summed E-state index contributed by atoms with van der Waals surface area (Å²) in [5, 5.41) is 3.62. The molecule has 2 heteroatoms. The number of hydrogen-bond acceptors (Lipinski definition) is 2. The molecule has 0 aromatic carbocycles. The van der Waals surface area contributed by atoms with Gasteiger partial charge in [0, 0.05) is 19.3 Å². The third-order valence-corrected chi connectivity index (χ3v) is 3.92. The Hall–Kier alpha value is -0.0800. The van der Waals surface area contributed by atoms with E-state index in [4.69, 9.17) is 4.74 Å². The van der Waals surface area contributed by atoms with Crippen LogP contribution in [0.1, 0.15) is 59.3 Å². The zero-order chi connectivity index (χ0) is 12.5. The highest BCUT2D eigenvalue weighted by molar-refractivity contribution is 4.77. The summed E-state index contributed by atoms with van der Waals surface area (Å²) < 4.78 is 5.44. The fourth-order valence-electron chi connectivity index (χ4n) is 2.91. The lowest BCUT2D eigenvalue weighted by atomic mass is 9.77. The lowest BCUT2D eigenvalue weighted by Gasteiger charge is -2.32. The van der Waals surface area contributed by atoms with Crippen molar-refractivity contribution in [2.75, 3.05) is 19.8 Å². The number of hydrogen-bond donors (Lipinski definition) is 1. The molecule has 0 heterocycles. The molecule has 0 spiro atoms. The zero-order valence-corrected chi connectivity index (χ0v) is 12.0. The van der Waals surface area contributed by atoms with Crippen LogP contribution in [0.3, 0.4) is 0 Å². The Morgan fingerprint density at radius 2 is 1.88 bits per heavy atom. The van der Waals surface area contributed by atoms with Crippen LogP contribution in [-0.4, -0.2) is 25.8 Å². The van der Waals surface area contributed by atoms with Gasteiger partial charge in [0.1, 0.15) is 0 Å². The highest BCUT2D eigenvalue weighted by Crippen LogP contribution is 2.32. The molecule has 1 rings (SSSR count). The smallest absolute Gasteiger partial charge is 0.0465 e. The molecule has 102 valence electrons. The first kappa shape index (κ1) is 15.0. The maximum absolute atomic E-state index is 5.44. The highest BCUT2D eigenvalue weighted by Gasteiger charge is 2.24. The average molecular weight is 241 g/mol. The molecule has 0 aliphatic heterocycles. The van der Waals surface area contributed by atoms with Crippen LogP contribution < -0.4 is 5.32 Å². The number of rotatable bonds is 8. The van der Waals surface area contributed by atoms with E-state index in [1.165, 1.54) is 45.1 Å². The van der Waals surface area contributed by atoms with Crippen molar-refractivity contribution in [2.24, 2.45) is 11.8 Å². The predicted octanol–water partition coefficient (Wildman–Crippen LogP) is 3.61. The largest absolute Gasteiger partial charge is 0.382 e. The molecule has 1 N–H and O–H groups in total. The van der Waals surface area contributed by atoms with Crippen molar-refractivity contribution in [1.29, 1.82) is 0 Å². The van der Waals surface area contributed by atoms with E-state index in [0.29, 0.717) is 6.04 Å². The highest BCUT2D eigenvalue weighted by atomic mass is 16.5. The van der Waals surface area contributed by atoms with Gasteiger partial charge in [-0.1, -0.05) is 33.1 Å². The van der Waals surface area contributed by atoms with Gasteiger partial charge in [0.25, 0.3) is 0 Å². The lowest BCUT2D eigenvalue weighted by Crippen LogP contribution is -2.34. The molecule has 2 unspecified atom stereocenters. The van der Waals surface area contributed by atoms with Crippen LogP contribution in [0.2, 0.25) is 0 Å². The second-order valence-corrected chi connectivity index (χ2v) is 5.71. The molecule has 0 bridgehead atoms. The van der Waals surface area contributed by atoms with Gasteiger partial charge >= 0.3 is 0 Å². The minimum Gasteiger partial charge on any atom is -0.382 e. The first-order valence-electron chi connectivity index (χ1n) is 7.55. The van der Waals surface area contributed by atoms with Crippen molar-refractivity contribution >= 4 is 0 Å². The van der Waals surface area contributed by atoms with E-state index in [1.54, 1.807) is 0 Å². The van der Waals surface area contributed by atoms with Crippen LogP contribution in [-0.2, 0) is 4.74 Å². The van der Waals surface area contributed by atoms with Gasteiger partial charge in [-0.05, 0) is 44.6 Å². The summed E-state index contributed by atoms with van der Waals surface area (Å²) in [6, 6.07) is 0.626. The molecular weight excluding hydrogens is 210 g/mol. The Labute approximate surface area is 108 Å². The number of nitrogens with one attached hydrogen (secondary N) is 1. The van der Waals surface area contributed by atoms with Gasteiger partial charge in [0.2, 0.25) is 0 Å². The van der Waals surface area contributed by atoms with Crippen molar-refractivity contribution in [3.63, 3.8) is 0 Å². The van der Waals surface area contributed by atoms with Crippen molar-refractivity contribution in [3.8, 4) is 0 Å². The van der Waals surface area contributed by atoms with Gasteiger partial charge in [-0.15, -0.1) is 0 Å². The summed E-state index contributed by atoms with van der Waals surface area (Å²) in [4.78, 5) is 0. The van der Waals surface area contributed by atoms with Crippen LogP contribution in [0.4, 0.5) is 0 Å². The van der Waals surface area contributed by atoms with E-state index in [1.807, 2.05) is 0 Å². The van der Waals surface area contributed by atoms with Crippen LogP contribution in [0.25, 0.3) is 0 Å². The van der Waals surface area contributed by atoms with Gasteiger partial charge in [-0.25, -0.2) is 0 Å². The van der Waals surface area contributed by atoms with Crippen molar-refractivity contribution in [1.82, 2.24) is 5.32 Å². The molecule has 2 atom stereocenters. The van der Waals surface area contributed by atoms with Crippen molar-refractivity contribution < 1.29 is 4.74 Å². The molecule has 2 nitrogen and oxygen atoms in total. The van der Waals surface area contributed by atoms with Crippen LogP contribution in [0.15, 0.2) is 0 Å². The summed E-state index contributed by atoms with van der Waals surface area (Å²) in [6.45, 7) is 9.60. The van der Waals surface area contributed by atoms with E-state index in [2.05, 4.69) is 26.1 Å². The second kappa shape index (κ2) is 8.93. The van der Waals surface area contributed by atoms with E-state index in [9.17, 15) is 0 Å². The number of ether oxygens (including phenoxy) is 1. The predicted molar refractivity (Wildman–Crippen MR) is 74.3 cm³/mol. The third-order valence-electron chi connectivity index (χ3n) is 3.92. The fourth-order valence-corrected chi connectivity index (χ4v) is 2.91. The van der Waals surface area contributed by atoms with Crippen molar-refractivity contribution in [2.45, 2.75) is 65.3 Å². The zero-order valence-electron chi connectivity index (χ0n) is 12.0. The quantitative estimate of drug-likeness (QED) is 0.656. The molecule has 0 aromatic heterocycles. The minimum absolute atomic E-state index is 0.626. The van der Waals surface area contributed by atoms with Crippen molar-refractivity contribution in [3.05, 3.63) is 0 Å². The standard InChI is InChI=1S/C15H31NO/c1-4-17-11-7-10-14-8-5-6-9-15(14)12-16-13(2)3/h13-16H,4-12H2,1-3H3. The first-order chi connectivity index (χ1) is 8.24. The Balaban J connectivity index is 2.22. The average Bonchev–Trinajstić information content (AvgIpc) is 2.33. The Kier molecular flexibility index (Phi) is 7.87. The molecule has 17 heavy (non-hydrogen) atoms. The maximum Gasteiger partial charge on any atom is 0.0465 e. The molecule has 1 aliphatic carbocycles. The molecule has 1 fully saturated rings. The Bertz CT molecular complexity index is 182. The van der Waals surface area contributed by atoms with Crippen LogP contribution >= 0.6 is 0 Å². The normalized spacial score (nSPS) is 25.4. The summed E-state index contributed by atoms with van der Waals surface area (Å²) in [7, 11) is 0. The molecule has 1 aliphatic rings. The lowest BCUT2D eigenvalue weighted by molar-refractivity contribution is 0.128. The molecule has 1 saturated carbocycles. The first-order valence-corrected chi connectivity index (χ1v) is 7.55. The second-order valence-electron chi connectivity index (χ2n) is 5.71. The molecule has 0 amide bonds. The topological polar surface area (TPSA) is 21.3 Å². The van der Waals surface area contributed by atoms with Crippen LogP contribution in [0.5, 0.6) is 0 Å². The van der Waals surface area contributed by atoms with Crippen LogP contribution in [0, 0.1) is 11.8 Å². The fraction of sp³-hybridized carbons (Fsp3) is 1.00. The summed E-state index contributed by atoms with van der Waals surface area (Å²) in [6.07, 6.45) is 8.36. The van der Waals surface area contributed by atoms with E-state index >= 15 is 0 Å². The SMILES string of the molecule is CCOCCCC1CCCCC1CNC(C)C. The summed E-state index contributed by atoms with van der Waals surface area (Å²) in [5.41, 5.74) is 0. The Morgan fingerprint density at radius 3 is 2.53 bits per heavy atom. The molecular formula is C15H31NO. The van der Waals surface area contributed by atoms with Gasteiger partial charge in [-0.3, -0.25) is 0 Å². The van der Waals surface area contributed by atoms with Gasteiger partial charge in [0.05, 0.1) is 0 Å². The third kappa shape index (κ3) is 6.42.